The fourth-order valence-corrected chi connectivity index (χ4v) is 1.95. The maximum Gasteiger partial charge on any atom is 0.217 e. The third-order valence-corrected chi connectivity index (χ3v) is 2.89. The van der Waals surface area contributed by atoms with Crippen molar-refractivity contribution in [3.63, 3.8) is 0 Å². The fourth-order valence-electron chi connectivity index (χ4n) is 1.95. The average molecular weight is 239 g/mol. The Labute approximate surface area is 105 Å². The Morgan fingerprint density at radius 1 is 1.11 bits per heavy atom. The molecular weight excluding hydrogens is 226 g/mol. The molecule has 0 bridgehead atoms. The second-order valence-electron chi connectivity index (χ2n) is 4.17. The van der Waals surface area contributed by atoms with E-state index in [2.05, 4.69) is 23.1 Å². The van der Waals surface area contributed by atoms with Crippen LogP contribution in [0.4, 0.5) is 0 Å². The molecule has 1 aromatic carbocycles. The van der Waals surface area contributed by atoms with E-state index in [1.165, 1.54) is 5.56 Å². The molecule has 0 saturated carbocycles. The third-order valence-electron chi connectivity index (χ3n) is 2.89. The minimum absolute atomic E-state index is 0.612. The third kappa shape index (κ3) is 1.72. The Hall–Kier alpha value is -2.36. The minimum atomic E-state index is 0.612. The van der Waals surface area contributed by atoms with Gasteiger partial charge in [0.15, 0.2) is 11.6 Å². The molecule has 0 amide bonds. The van der Waals surface area contributed by atoms with Gasteiger partial charge in [-0.25, -0.2) is 9.67 Å². The molecule has 18 heavy (non-hydrogen) atoms. The Kier molecular flexibility index (Phi) is 2.48. The van der Waals surface area contributed by atoms with E-state index < -0.39 is 0 Å². The van der Waals surface area contributed by atoms with Crippen LogP contribution < -0.4 is 0 Å². The summed E-state index contributed by atoms with van der Waals surface area (Å²) in [4.78, 5) is 4.54. The first-order valence-corrected chi connectivity index (χ1v) is 5.76. The summed E-state index contributed by atoms with van der Waals surface area (Å²) in [5.41, 5.74) is 2.27. The Morgan fingerprint density at radius 3 is 2.67 bits per heavy atom. The maximum atomic E-state index is 5.32. The van der Waals surface area contributed by atoms with Gasteiger partial charge in [-0.05, 0) is 24.6 Å². The van der Waals surface area contributed by atoms with Gasteiger partial charge in [-0.1, -0.05) is 24.3 Å². The highest BCUT2D eigenvalue weighted by atomic mass is 16.3. The van der Waals surface area contributed by atoms with Crippen molar-refractivity contribution < 1.29 is 4.42 Å². The molecule has 0 atom stereocenters. The molecule has 0 saturated heterocycles. The minimum Gasteiger partial charge on any atom is -0.461 e. The second kappa shape index (κ2) is 4.14. The summed E-state index contributed by atoms with van der Waals surface area (Å²) in [6.45, 7) is 2.07. The Bertz CT molecular complexity index is 668. The lowest BCUT2D eigenvalue weighted by Gasteiger charge is -2.03. The van der Waals surface area contributed by atoms with Gasteiger partial charge >= 0.3 is 0 Å². The van der Waals surface area contributed by atoms with Crippen LogP contribution in [-0.2, 0) is 7.05 Å². The van der Waals surface area contributed by atoms with Crippen molar-refractivity contribution in [3.05, 3.63) is 48.2 Å². The van der Waals surface area contributed by atoms with Crippen molar-refractivity contribution >= 4 is 0 Å². The second-order valence-corrected chi connectivity index (χ2v) is 4.17. The van der Waals surface area contributed by atoms with E-state index in [0.29, 0.717) is 11.6 Å². The van der Waals surface area contributed by atoms with Crippen molar-refractivity contribution in [1.82, 2.24) is 14.8 Å². The molecule has 0 radical (unpaired) electrons. The topological polar surface area (TPSA) is 43.9 Å². The molecule has 2 aromatic heterocycles. The van der Waals surface area contributed by atoms with Crippen LogP contribution in [0.25, 0.3) is 23.0 Å². The first-order chi connectivity index (χ1) is 8.75. The fraction of sp³-hybridized carbons (Fsp3) is 0.143. The molecule has 0 spiro atoms. The molecule has 4 heteroatoms. The highest BCUT2D eigenvalue weighted by Crippen LogP contribution is 2.24. The van der Waals surface area contributed by atoms with Crippen LogP contribution in [0.15, 0.2) is 47.1 Å². The Morgan fingerprint density at radius 2 is 1.94 bits per heavy atom. The summed E-state index contributed by atoms with van der Waals surface area (Å²) in [6.07, 6.45) is 1.62. The number of aryl methyl sites for hydroxylation is 2. The monoisotopic (exact) mass is 239 g/mol. The predicted molar refractivity (Wildman–Crippen MR) is 68.9 cm³/mol. The van der Waals surface area contributed by atoms with E-state index in [0.717, 1.165) is 11.4 Å². The summed E-state index contributed by atoms with van der Waals surface area (Å²) in [5.74, 6) is 2.14. The molecular formula is C14H13N3O. The van der Waals surface area contributed by atoms with Gasteiger partial charge in [-0.15, -0.1) is 5.10 Å². The van der Waals surface area contributed by atoms with Gasteiger partial charge in [0.05, 0.1) is 6.26 Å². The van der Waals surface area contributed by atoms with E-state index in [-0.39, 0.29) is 0 Å². The molecule has 3 aromatic rings. The summed E-state index contributed by atoms with van der Waals surface area (Å²) < 4.78 is 7.09. The molecule has 4 nitrogen and oxygen atoms in total. The number of hydrogen-bond acceptors (Lipinski definition) is 3. The smallest absolute Gasteiger partial charge is 0.217 e. The van der Waals surface area contributed by atoms with Gasteiger partial charge in [-0.2, -0.15) is 0 Å². The van der Waals surface area contributed by atoms with E-state index in [1.54, 1.807) is 10.9 Å². The standard InChI is InChI=1S/C14H13N3O/c1-10-6-3-4-7-11(10)14-15-13(16-17(14)2)12-8-5-9-18-12/h3-9H,1-2H3. The molecule has 90 valence electrons. The average Bonchev–Trinajstić information content (AvgIpc) is 2.99. The number of rotatable bonds is 2. The predicted octanol–water partition coefficient (Wildman–Crippen LogP) is 3.05. The molecule has 0 fully saturated rings. The Balaban J connectivity index is 2.12. The molecule has 0 aliphatic rings. The van der Waals surface area contributed by atoms with Gasteiger partial charge in [0.1, 0.15) is 0 Å². The first kappa shape index (κ1) is 10.8. The summed E-state index contributed by atoms with van der Waals surface area (Å²) in [7, 11) is 1.89. The number of benzene rings is 1. The van der Waals surface area contributed by atoms with Crippen LogP contribution in [0, 0.1) is 6.92 Å². The number of furan rings is 1. The zero-order valence-corrected chi connectivity index (χ0v) is 10.3. The van der Waals surface area contributed by atoms with Gasteiger partial charge in [0.25, 0.3) is 0 Å². The van der Waals surface area contributed by atoms with Crippen LogP contribution in [0.1, 0.15) is 5.56 Å². The summed E-state index contributed by atoms with van der Waals surface area (Å²) in [5, 5.41) is 4.38. The summed E-state index contributed by atoms with van der Waals surface area (Å²) >= 11 is 0. The van der Waals surface area contributed by atoms with E-state index in [1.807, 2.05) is 37.4 Å². The zero-order valence-electron chi connectivity index (χ0n) is 10.3. The van der Waals surface area contributed by atoms with Gasteiger partial charge in [-0.3, -0.25) is 0 Å². The van der Waals surface area contributed by atoms with E-state index >= 15 is 0 Å². The van der Waals surface area contributed by atoms with Crippen molar-refractivity contribution in [2.75, 3.05) is 0 Å². The largest absolute Gasteiger partial charge is 0.461 e. The van der Waals surface area contributed by atoms with Crippen LogP contribution in [-0.4, -0.2) is 14.8 Å². The molecule has 0 N–H and O–H groups in total. The van der Waals surface area contributed by atoms with Crippen LogP contribution >= 0.6 is 0 Å². The van der Waals surface area contributed by atoms with Crippen molar-refractivity contribution in [2.24, 2.45) is 7.05 Å². The van der Waals surface area contributed by atoms with Crippen molar-refractivity contribution in [2.45, 2.75) is 6.92 Å². The summed E-state index contributed by atoms with van der Waals surface area (Å²) in [6, 6.07) is 11.8. The lowest BCUT2D eigenvalue weighted by atomic mass is 10.1. The highest BCUT2D eigenvalue weighted by molar-refractivity contribution is 5.62. The molecule has 0 aliphatic heterocycles. The quantitative estimate of drug-likeness (QED) is 0.690. The SMILES string of the molecule is Cc1ccccc1-c1nc(-c2ccco2)nn1C. The molecule has 0 unspecified atom stereocenters. The van der Waals surface area contributed by atoms with Gasteiger partial charge < -0.3 is 4.42 Å². The number of nitrogens with zero attached hydrogens (tertiary/aromatic N) is 3. The maximum absolute atomic E-state index is 5.32. The van der Waals surface area contributed by atoms with E-state index in [9.17, 15) is 0 Å². The first-order valence-electron chi connectivity index (χ1n) is 5.76. The van der Waals surface area contributed by atoms with Gasteiger partial charge in [0.2, 0.25) is 5.82 Å². The lowest BCUT2D eigenvalue weighted by molar-refractivity contribution is 0.576. The molecule has 2 heterocycles. The normalized spacial score (nSPS) is 10.8. The van der Waals surface area contributed by atoms with Crippen LogP contribution in [0.2, 0.25) is 0 Å². The molecule has 0 aliphatic carbocycles. The van der Waals surface area contributed by atoms with E-state index in [4.69, 9.17) is 4.42 Å². The highest BCUT2D eigenvalue weighted by Gasteiger charge is 2.13. The molecule has 3 rings (SSSR count). The number of aromatic nitrogens is 3. The van der Waals surface area contributed by atoms with Gasteiger partial charge in [0, 0.05) is 12.6 Å². The lowest BCUT2D eigenvalue weighted by Crippen LogP contribution is -1.95. The van der Waals surface area contributed by atoms with Crippen molar-refractivity contribution in [1.29, 1.82) is 0 Å². The van der Waals surface area contributed by atoms with Crippen LogP contribution in [0.3, 0.4) is 0 Å². The zero-order chi connectivity index (χ0) is 12.5. The van der Waals surface area contributed by atoms with Crippen LogP contribution in [0.5, 0.6) is 0 Å². The van der Waals surface area contributed by atoms with Crippen molar-refractivity contribution in [3.8, 4) is 23.0 Å². The number of hydrogen-bond donors (Lipinski definition) is 0.